The van der Waals surface area contributed by atoms with Crippen molar-refractivity contribution in [3.05, 3.63) is 108 Å². The number of hydrogen-bond donors (Lipinski definition) is 0. The van der Waals surface area contributed by atoms with E-state index in [1.54, 1.807) is 0 Å². The van der Waals surface area contributed by atoms with Crippen LogP contribution < -0.4 is 0 Å². The summed E-state index contributed by atoms with van der Waals surface area (Å²) in [5, 5.41) is 0. The van der Waals surface area contributed by atoms with Crippen LogP contribution in [-0.2, 0) is 43.6 Å². The van der Waals surface area contributed by atoms with Crippen molar-refractivity contribution < 1.29 is 23.7 Å². The quantitative estimate of drug-likeness (QED) is 0.422. The second-order valence-electron chi connectivity index (χ2n) is 7.80. The fourth-order valence-corrected chi connectivity index (χ4v) is 3.79. The van der Waals surface area contributed by atoms with Gasteiger partial charge in [-0.25, -0.2) is 0 Å². The highest BCUT2D eigenvalue weighted by molar-refractivity contribution is 5.58. The third kappa shape index (κ3) is 6.11. The molecule has 0 spiro atoms. The van der Waals surface area contributed by atoms with E-state index in [2.05, 4.69) is 0 Å². The molecule has 0 aliphatic carbocycles. The SMILES string of the molecule is O=C[C@H]1O[C@H](COCc2ccccc2)[C@H](OCc2ccccc2)[C@@H]1OCc1ccccc1. The van der Waals surface area contributed by atoms with Gasteiger partial charge >= 0.3 is 0 Å². The molecule has 166 valence electrons. The Balaban J connectivity index is 1.43. The molecule has 4 rings (SSSR count). The molecule has 0 bridgehead atoms. The molecule has 3 aromatic rings. The molecule has 0 unspecified atom stereocenters. The summed E-state index contributed by atoms with van der Waals surface area (Å²) in [6.45, 7) is 1.56. The van der Waals surface area contributed by atoms with E-state index in [9.17, 15) is 4.79 Å². The van der Waals surface area contributed by atoms with Gasteiger partial charge in [-0.15, -0.1) is 0 Å². The molecule has 1 saturated heterocycles. The molecule has 0 N–H and O–H groups in total. The van der Waals surface area contributed by atoms with E-state index in [1.165, 1.54) is 0 Å². The topological polar surface area (TPSA) is 54.0 Å². The third-order valence-electron chi connectivity index (χ3n) is 5.44. The Hall–Kier alpha value is -2.83. The zero-order valence-electron chi connectivity index (χ0n) is 17.9. The van der Waals surface area contributed by atoms with Gasteiger partial charge in [0.2, 0.25) is 0 Å². The van der Waals surface area contributed by atoms with E-state index in [1.807, 2.05) is 91.0 Å². The summed E-state index contributed by atoms with van der Waals surface area (Å²) >= 11 is 0. The van der Waals surface area contributed by atoms with Crippen LogP contribution >= 0.6 is 0 Å². The highest BCUT2D eigenvalue weighted by atomic mass is 16.6. The minimum absolute atomic E-state index is 0.309. The maximum Gasteiger partial charge on any atom is 0.151 e. The number of benzene rings is 3. The van der Waals surface area contributed by atoms with Gasteiger partial charge in [0.25, 0.3) is 0 Å². The highest BCUT2D eigenvalue weighted by Gasteiger charge is 2.46. The van der Waals surface area contributed by atoms with Gasteiger partial charge in [0, 0.05) is 0 Å². The predicted octanol–water partition coefficient (Wildman–Crippen LogP) is 4.34. The van der Waals surface area contributed by atoms with Gasteiger partial charge in [0.05, 0.1) is 26.4 Å². The van der Waals surface area contributed by atoms with Crippen molar-refractivity contribution in [1.29, 1.82) is 0 Å². The Morgan fingerprint density at radius 2 is 1.12 bits per heavy atom. The Morgan fingerprint density at radius 3 is 1.62 bits per heavy atom. The van der Waals surface area contributed by atoms with Crippen LogP contribution in [0.2, 0.25) is 0 Å². The monoisotopic (exact) mass is 432 g/mol. The molecular weight excluding hydrogens is 404 g/mol. The molecule has 5 nitrogen and oxygen atoms in total. The summed E-state index contributed by atoms with van der Waals surface area (Å²) in [6.07, 6.45) is -1.25. The third-order valence-corrected chi connectivity index (χ3v) is 5.44. The van der Waals surface area contributed by atoms with Gasteiger partial charge in [0.15, 0.2) is 6.29 Å². The Morgan fingerprint density at radius 1 is 0.656 bits per heavy atom. The standard InChI is InChI=1S/C27H28O5/c28-16-24-26(30-18-22-12-6-2-7-13-22)27(31-19-23-14-8-3-9-15-23)25(32-24)20-29-17-21-10-4-1-5-11-21/h1-16,24-27H,17-20H2/t24-,25-,26-,27+/m1/s1. The van der Waals surface area contributed by atoms with Crippen LogP contribution in [0.3, 0.4) is 0 Å². The van der Waals surface area contributed by atoms with Gasteiger partial charge < -0.3 is 23.7 Å². The van der Waals surface area contributed by atoms with Gasteiger partial charge in [-0.05, 0) is 16.7 Å². The van der Waals surface area contributed by atoms with Crippen molar-refractivity contribution in [2.75, 3.05) is 6.61 Å². The fourth-order valence-electron chi connectivity index (χ4n) is 3.79. The molecule has 0 saturated carbocycles. The Bertz CT molecular complexity index is 932. The summed E-state index contributed by atoms with van der Waals surface area (Å²) < 4.78 is 24.3. The van der Waals surface area contributed by atoms with Crippen molar-refractivity contribution in [2.24, 2.45) is 0 Å². The summed E-state index contributed by atoms with van der Waals surface area (Å²) in [5.41, 5.74) is 3.16. The maximum absolute atomic E-state index is 11.8. The molecule has 1 aliphatic heterocycles. The van der Waals surface area contributed by atoms with Crippen LogP contribution in [0.15, 0.2) is 91.0 Å². The summed E-state index contributed by atoms with van der Waals surface area (Å²) in [7, 11) is 0. The molecule has 3 aromatic carbocycles. The zero-order valence-corrected chi connectivity index (χ0v) is 17.9. The number of hydrogen-bond acceptors (Lipinski definition) is 5. The van der Waals surface area contributed by atoms with Crippen LogP contribution in [0.4, 0.5) is 0 Å². The Labute approximate surface area is 188 Å². The summed E-state index contributed by atoms with van der Waals surface area (Å²) in [6, 6.07) is 29.8. The first-order valence-electron chi connectivity index (χ1n) is 10.9. The largest absolute Gasteiger partial charge is 0.374 e. The average Bonchev–Trinajstić information content (AvgIpc) is 3.19. The van der Waals surface area contributed by atoms with Crippen molar-refractivity contribution >= 4 is 6.29 Å². The van der Waals surface area contributed by atoms with Crippen molar-refractivity contribution in [3.8, 4) is 0 Å². The summed E-state index contributed by atoms with van der Waals surface area (Å²) in [4.78, 5) is 11.8. The normalized spacial score (nSPS) is 22.6. The van der Waals surface area contributed by atoms with E-state index in [-0.39, 0.29) is 0 Å². The highest BCUT2D eigenvalue weighted by Crippen LogP contribution is 2.28. The molecule has 0 aromatic heterocycles. The van der Waals surface area contributed by atoms with Crippen LogP contribution in [0, 0.1) is 0 Å². The number of aldehydes is 1. The van der Waals surface area contributed by atoms with Gasteiger partial charge in [0.1, 0.15) is 24.4 Å². The predicted molar refractivity (Wildman–Crippen MR) is 121 cm³/mol. The molecule has 0 radical (unpaired) electrons. The van der Waals surface area contributed by atoms with E-state index in [0.717, 1.165) is 23.0 Å². The molecule has 1 fully saturated rings. The van der Waals surface area contributed by atoms with Gasteiger partial charge in [-0.2, -0.15) is 0 Å². The lowest BCUT2D eigenvalue weighted by molar-refractivity contribution is -0.124. The second kappa shape index (κ2) is 11.7. The minimum Gasteiger partial charge on any atom is -0.374 e. The summed E-state index contributed by atoms with van der Waals surface area (Å²) in [5.74, 6) is 0. The first-order chi connectivity index (χ1) is 15.8. The van der Waals surface area contributed by atoms with E-state index >= 15 is 0 Å². The smallest absolute Gasteiger partial charge is 0.151 e. The second-order valence-corrected chi connectivity index (χ2v) is 7.80. The number of carbonyl (C=O) groups excluding carboxylic acids is 1. The van der Waals surface area contributed by atoms with Crippen LogP contribution in [0.5, 0.6) is 0 Å². The van der Waals surface area contributed by atoms with Gasteiger partial charge in [-0.3, -0.25) is 0 Å². The lowest BCUT2D eigenvalue weighted by Crippen LogP contribution is -2.39. The lowest BCUT2D eigenvalue weighted by atomic mass is 10.1. The first-order valence-corrected chi connectivity index (χ1v) is 10.9. The van der Waals surface area contributed by atoms with Crippen LogP contribution in [0.25, 0.3) is 0 Å². The van der Waals surface area contributed by atoms with Crippen molar-refractivity contribution in [3.63, 3.8) is 0 Å². The van der Waals surface area contributed by atoms with E-state index in [0.29, 0.717) is 26.4 Å². The number of carbonyl (C=O) groups is 1. The maximum atomic E-state index is 11.8. The molecule has 1 heterocycles. The van der Waals surface area contributed by atoms with Crippen LogP contribution in [-0.4, -0.2) is 37.3 Å². The first kappa shape index (κ1) is 22.4. The fraction of sp³-hybridized carbons (Fsp3) is 0.296. The molecule has 1 aliphatic rings. The van der Waals surface area contributed by atoms with Crippen LogP contribution in [0.1, 0.15) is 16.7 Å². The molecule has 4 atom stereocenters. The number of ether oxygens (including phenoxy) is 4. The Kier molecular flexibility index (Phi) is 8.17. The van der Waals surface area contributed by atoms with E-state index in [4.69, 9.17) is 18.9 Å². The lowest BCUT2D eigenvalue weighted by Gasteiger charge is -2.24. The zero-order chi connectivity index (χ0) is 22.0. The van der Waals surface area contributed by atoms with Crippen molar-refractivity contribution in [1.82, 2.24) is 0 Å². The number of rotatable bonds is 11. The van der Waals surface area contributed by atoms with E-state index < -0.39 is 24.4 Å². The molecular formula is C27H28O5. The van der Waals surface area contributed by atoms with Gasteiger partial charge in [-0.1, -0.05) is 91.0 Å². The molecule has 32 heavy (non-hydrogen) atoms. The minimum atomic E-state index is -0.704. The van der Waals surface area contributed by atoms with Crippen molar-refractivity contribution in [2.45, 2.75) is 44.2 Å². The molecule has 0 amide bonds. The molecule has 5 heteroatoms. The average molecular weight is 433 g/mol.